The Kier molecular flexibility index (Phi) is 20.2. The third-order valence-electron chi connectivity index (χ3n) is 5.52. The molecule has 3 aromatic rings. The molecule has 2 N–H and O–H groups in total. The monoisotopic (exact) mass is 569 g/mol. The highest BCUT2D eigenvalue weighted by molar-refractivity contribution is 6.35. The predicted molar refractivity (Wildman–Crippen MR) is 177 cm³/mol. The van der Waals surface area contributed by atoms with E-state index in [9.17, 15) is 4.79 Å². The lowest BCUT2D eigenvalue weighted by atomic mass is 10.1. The van der Waals surface area contributed by atoms with E-state index in [1.807, 2.05) is 59.0 Å². The van der Waals surface area contributed by atoms with Crippen LogP contribution in [0.4, 0.5) is 11.6 Å². The summed E-state index contributed by atoms with van der Waals surface area (Å²) in [7, 11) is 0. The van der Waals surface area contributed by atoms with Crippen molar-refractivity contribution >= 4 is 51.8 Å². The van der Waals surface area contributed by atoms with Gasteiger partial charge in [-0.05, 0) is 43.5 Å². The number of allylic oxidation sites excluding steroid dienone is 1. The normalized spacial score (nSPS) is 10.8. The van der Waals surface area contributed by atoms with Crippen molar-refractivity contribution in [3.8, 4) is 0 Å². The van der Waals surface area contributed by atoms with Crippen LogP contribution < -0.4 is 5.32 Å². The first-order chi connectivity index (χ1) is 19.3. The molecule has 0 radical (unpaired) electrons. The van der Waals surface area contributed by atoms with E-state index in [-0.39, 0.29) is 5.78 Å². The number of nitrogens with zero attached hydrogens (tertiary/aromatic N) is 3. The minimum atomic E-state index is -0.0419. The maximum atomic E-state index is 11.6. The molecule has 7 heteroatoms. The smallest absolute Gasteiger partial charge is 0.227 e. The van der Waals surface area contributed by atoms with Crippen LogP contribution in [0.25, 0.3) is 16.6 Å². The first kappa shape index (κ1) is 37.0. The van der Waals surface area contributed by atoms with E-state index < -0.39 is 0 Å². The van der Waals surface area contributed by atoms with Crippen LogP contribution in [0.1, 0.15) is 124 Å². The number of benzene rings is 1. The predicted octanol–water partition coefficient (Wildman–Crippen LogP) is 11.1. The van der Waals surface area contributed by atoms with E-state index in [0.29, 0.717) is 22.6 Å². The maximum absolute atomic E-state index is 11.6. The fourth-order valence-corrected chi connectivity index (χ4v) is 3.75. The van der Waals surface area contributed by atoms with Crippen LogP contribution in [0, 0.1) is 5.92 Å². The molecule has 0 fully saturated rings. The van der Waals surface area contributed by atoms with Crippen LogP contribution >= 0.6 is 11.6 Å². The Morgan fingerprint density at radius 2 is 1.73 bits per heavy atom. The van der Waals surface area contributed by atoms with Crippen molar-refractivity contribution in [2.45, 2.75) is 108 Å². The van der Waals surface area contributed by atoms with Crippen molar-refractivity contribution in [3.05, 3.63) is 52.9 Å². The summed E-state index contributed by atoms with van der Waals surface area (Å²) in [5.41, 5.74) is 3.51. The van der Waals surface area contributed by atoms with Gasteiger partial charge in [-0.15, -0.1) is 0 Å². The highest BCUT2D eigenvalue weighted by Gasteiger charge is 2.11. The van der Waals surface area contributed by atoms with Crippen LogP contribution in [0.15, 0.2) is 41.5 Å². The van der Waals surface area contributed by atoms with E-state index in [0.717, 1.165) is 34.4 Å². The van der Waals surface area contributed by atoms with E-state index >= 15 is 0 Å². The first-order valence-corrected chi connectivity index (χ1v) is 15.3. The van der Waals surface area contributed by atoms with Crippen molar-refractivity contribution in [2.24, 2.45) is 10.9 Å². The summed E-state index contributed by atoms with van der Waals surface area (Å²) >= 11 is 6.38. The number of H-pyrrole nitrogens is 1. The summed E-state index contributed by atoms with van der Waals surface area (Å²) < 4.78 is 0. The fourth-order valence-electron chi connectivity index (χ4n) is 3.48. The standard InChI is InChI=1S/C22H24ClN5O.C7H16.2C2H6/c1-5-18(24-8-6-13(2)3)19-7-9-25-22(28-19)26-16-10-15-11-20(14(4)29)27-21(15)17(23)12-16;1-3-5-7-6-4-2;2*1-2/h5,7-13,27H,6H2,1-4H3,(H,25,26,28);3-7H2,1-2H3;2*1-2H3/b18-5-,24-8?;;;. The molecule has 2 heterocycles. The number of carbonyl (C=O) groups is 1. The summed E-state index contributed by atoms with van der Waals surface area (Å²) in [5.74, 6) is 0.953. The number of hydrogen-bond acceptors (Lipinski definition) is 5. The molecular formula is C33H52ClN5O. The summed E-state index contributed by atoms with van der Waals surface area (Å²) in [6, 6.07) is 7.29. The van der Waals surface area contributed by atoms with E-state index in [4.69, 9.17) is 11.6 Å². The van der Waals surface area contributed by atoms with Gasteiger partial charge in [-0.3, -0.25) is 9.79 Å². The number of aliphatic imine (C=N–C) groups is 1. The highest BCUT2D eigenvalue weighted by Crippen LogP contribution is 2.29. The number of Topliss-reactive ketones (excluding diaryl/α,β-unsaturated/α-hetero) is 1. The van der Waals surface area contributed by atoms with Crippen LogP contribution in [-0.4, -0.2) is 26.9 Å². The molecule has 0 unspecified atom stereocenters. The molecule has 3 rings (SSSR count). The van der Waals surface area contributed by atoms with Crippen molar-refractivity contribution in [3.63, 3.8) is 0 Å². The lowest BCUT2D eigenvalue weighted by Gasteiger charge is -2.08. The minimum Gasteiger partial charge on any atom is -0.351 e. The Morgan fingerprint density at radius 1 is 1.07 bits per heavy atom. The number of unbranched alkanes of at least 4 members (excludes halogenated alkanes) is 4. The molecule has 0 bridgehead atoms. The van der Waals surface area contributed by atoms with Crippen LogP contribution in [-0.2, 0) is 0 Å². The van der Waals surface area contributed by atoms with Gasteiger partial charge in [0.15, 0.2) is 5.78 Å². The van der Waals surface area contributed by atoms with E-state index in [1.165, 1.54) is 39.0 Å². The molecule has 0 spiro atoms. The lowest BCUT2D eigenvalue weighted by molar-refractivity contribution is 0.101. The van der Waals surface area contributed by atoms with Crippen LogP contribution in [0.2, 0.25) is 5.02 Å². The van der Waals surface area contributed by atoms with E-state index in [2.05, 4.69) is 53.0 Å². The van der Waals surface area contributed by atoms with Crippen molar-refractivity contribution < 1.29 is 4.79 Å². The van der Waals surface area contributed by atoms with Gasteiger partial charge in [0, 0.05) is 30.4 Å². The molecule has 0 atom stereocenters. The Labute approximate surface area is 248 Å². The second-order valence-electron chi connectivity index (χ2n) is 9.23. The third kappa shape index (κ3) is 13.4. The van der Waals surface area contributed by atoms with Crippen molar-refractivity contribution in [1.82, 2.24) is 15.0 Å². The number of rotatable bonds is 11. The quantitative estimate of drug-likeness (QED) is 0.137. The number of aromatic nitrogens is 3. The second kappa shape index (κ2) is 21.8. The maximum Gasteiger partial charge on any atom is 0.227 e. The summed E-state index contributed by atoms with van der Waals surface area (Å²) in [6.45, 7) is 20.2. The number of hydrogen-bond donors (Lipinski definition) is 2. The highest BCUT2D eigenvalue weighted by atomic mass is 35.5. The molecule has 0 aliphatic carbocycles. The number of ketones is 1. The number of aromatic amines is 1. The number of carbonyl (C=O) groups excluding carboxylic acids is 1. The minimum absolute atomic E-state index is 0.0419. The van der Waals surface area contributed by atoms with Gasteiger partial charge in [0.25, 0.3) is 0 Å². The average molecular weight is 570 g/mol. The summed E-state index contributed by atoms with van der Waals surface area (Å²) in [6.07, 6.45) is 13.5. The molecule has 2 aromatic heterocycles. The molecule has 0 aliphatic rings. The number of nitrogens with one attached hydrogen (secondary N) is 2. The van der Waals surface area contributed by atoms with Crippen molar-refractivity contribution in [2.75, 3.05) is 5.32 Å². The molecule has 1 aromatic carbocycles. The molecule has 0 amide bonds. The van der Waals surface area contributed by atoms with Gasteiger partial charge < -0.3 is 10.3 Å². The zero-order valence-corrected chi connectivity index (χ0v) is 27.2. The second-order valence-corrected chi connectivity index (χ2v) is 9.63. The van der Waals surface area contributed by atoms with Gasteiger partial charge in [0.1, 0.15) is 0 Å². The zero-order chi connectivity index (χ0) is 30.5. The molecular weight excluding hydrogens is 518 g/mol. The van der Waals surface area contributed by atoms with Gasteiger partial charge in [0.2, 0.25) is 5.95 Å². The Morgan fingerprint density at radius 3 is 2.27 bits per heavy atom. The Balaban J connectivity index is 0.00000119. The Bertz CT molecular complexity index is 1180. The fraction of sp³-hybridized carbons (Fsp3) is 0.515. The molecule has 6 nitrogen and oxygen atoms in total. The van der Waals surface area contributed by atoms with E-state index in [1.54, 1.807) is 18.3 Å². The Hall–Kier alpha value is -2.99. The number of anilines is 2. The lowest BCUT2D eigenvalue weighted by Crippen LogP contribution is -1.99. The van der Waals surface area contributed by atoms with Gasteiger partial charge >= 0.3 is 0 Å². The molecule has 0 saturated heterocycles. The van der Waals surface area contributed by atoms with Gasteiger partial charge in [-0.25, -0.2) is 9.97 Å². The molecule has 222 valence electrons. The van der Waals surface area contributed by atoms with Gasteiger partial charge in [-0.1, -0.05) is 105 Å². The van der Waals surface area contributed by atoms with Crippen LogP contribution in [0.5, 0.6) is 0 Å². The third-order valence-corrected chi connectivity index (χ3v) is 5.82. The van der Waals surface area contributed by atoms with Gasteiger partial charge in [0.05, 0.1) is 27.6 Å². The van der Waals surface area contributed by atoms with Gasteiger partial charge in [-0.2, -0.15) is 0 Å². The molecule has 40 heavy (non-hydrogen) atoms. The van der Waals surface area contributed by atoms with Crippen molar-refractivity contribution in [1.29, 1.82) is 0 Å². The SMILES string of the molecule is C/C=C(\N=CCC(C)C)c1ccnc(Nc2cc(Cl)c3[nH]c(C(C)=O)cc3c2)n1.CC.CC.CCCCCCC. The zero-order valence-electron chi connectivity index (χ0n) is 26.5. The van der Waals surface area contributed by atoms with Crippen LogP contribution in [0.3, 0.4) is 0 Å². The first-order valence-electron chi connectivity index (χ1n) is 14.9. The number of halogens is 1. The molecule has 0 saturated carbocycles. The summed E-state index contributed by atoms with van der Waals surface area (Å²) in [5, 5.41) is 4.54. The largest absolute Gasteiger partial charge is 0.351 e. The topological polar surface area (TPSA) is 83.0 Å². The average Bonchev–Trinajstić information content (AvgIpc) is 3.39. The number of fused-ring (bicyclic) bond motifs is 1. The molecule has 0 aliphatic heterocycles. The summed E-state index contributed by atoms with van der Waals surface area (Å²) in [4.78, 5) is 28.1.